The standard InChI is InChI=1S/C13H16B2O4/c1-12(2)13(3,4)19-15(18-12)10-8-6-5-7-9(10)11(16)17-14/h5-8H,1-4H3. The fourth-order valence-electron chi connectivity index (χ4n) is 1.92. The van der Waals surface area contributed by atoms with Crippen LogP contribution in [0.1, 0.15) is 38.1 Å². The molecule has 0 aromatic heterocycles. The summed E-state index contributed by atoms with van der Waals surface area (Å²) in [5.41, 5.74) is 0.0505. The predicted molar refractivity (Wildman–Crippen MR) is 73.3 cm³/mol. The molecule has 1 aliphatic heterocycles. The van der Waals surface area contributed by atoms with E-state index >= 15 is 0 Å². The molecule has 98 valence electrons. The van der Waals surface area contributed by atoms with Crippen LogP contribution >= 0.6 is 0 Å². The molecule has 2 radical (unpaired) electrons. The zero-order valence-corrected chi connectivity index (χ0v) is 11.6. The molecule has 2 rings (SSSR count). The number of hydrogen-bond donors (Lipinski definition) is 0. The lowest BCUT2D eigenvalue weighted by atomic mass is 9.76. The first-order valence-electron chi connectivity index (χ1n) is 6.14. The molecule has 0 saturated carbocycles. The Hall–Kier alpha value is -1.26. The van der Waals surface area contributed by atoms with E-state index in [1.54, 1.807) is 18.2 Å². The minimum Gasteiger partial charge on any atom is -0.540 e. The lowest BCUT2D eigenvalue weighted by Crippen LogP contribution is -2.41. The van der Waals surface area contributed by atoms with Gasteiger partial charge in [0.25, 0.3) is 0 Å². The monoisotopic (exact) mass is 258 g/mol. The highest BCUT2D eigenvalue weighted by Gasteiger charge is 2.52. The van der Waals surface area contributed by atoms with E-state index in [0.717, 1.165) is 0 Å². The molecule has 0 aliphatic carbocycles. The molecule has 1 heterocycles. The summed E-state index contributed by atoms with van der Waals surface area (Å²) in [5, 5.41) is 0. The van der Waals surface area contributed by atoms with Crippen molar-refractivity contribution in [1.82, 2.24) is 0 Å². The summed E-state index contributed by atoms with van der Waals surface area (Å²) in [6.45, 7) is 7.82. The average Bonchev–Trinajstić information content (AvgIpc) is 2.57. The summed E-state index contributed by atoms with van der Waals surface area (Å²) in [4.78, 5) is 11.7. The normalized spacial score (nSPS) is 20.3. The molecular weight excluding hydrogens is 242 g/mol. The van der Waals surface area contributed by atoms with Crippen LogP contribution in [0.3, 0.4) is 0 Å². The van der Waals surface area contributed by atoms with Gasteiger partial charge in [-0.2, -0.15) is 0 Å². The summed E-state index contributed by atoms with van der Waals surface area (Å²) in [5.74, 6) is -0.606. The molecule has 0 bridgehead atoms. The zero-order chi connectivity index (χ0) is 14.3. The van der Waals surface area contributed by atoms with E-state index in [-0.39, 0.29) is 0 Å². The van der Waals surface area contributed by atoms with Crippen molar-refractivity contribution >= 4 is 26.6 Å². The topological polar surface area (TPSA) is 44.8 Å². The highest BCUT2D eigenvalue weighted by atomic mass is 16.7. The summed E-state index contributed by atoms with van der Waals surface area (Å²) in [6, 6.07) is 6.96. The van der Waals surface area contributed by atoms with Crippen molar-refractivity contribution in [2.45, 2.75) is 38.9 Å². The summed E-state index contributed by atoms with van der Waals surface area (Å²) in [7, 11) is 4.34. The molecule has 19 heavy (non-hydrogen) atoms. The first-order chi connectivity index (χ1) is 8.78. The van der Waals surface area contributed by atoms with E-state index < -0.39 is 24.3 Å². The van der Waals surface area contributed by atoms with Crippen LogP contribution < -0.4 is 5.46 Å². The van der Waals surface area contributed by atoms with Crippen LogP contribution in [0.25, 0.3) is 0 Å². The van der Waals surface area contributed by atoms with Crippen molar-refractivity contribution < 1.29 is 18.8 Å². The van der Waals surface area contributed by atoms with Crippen LogP contribution in [0, 0.1) is 0 Å². The third-order valence-corrected chi connectivity index (χ3v) is 3.79. The van der Waals surface area contributed by atoms with Gasteiger partial charge in [-0.1, -0.05) is 18.2 Å². The van der Waals surface area contributed by atoms with Gasteiger partial charge in [-0.3, -0.25) is 0 Å². The van der Waals surface area contributed by atoms with E-state index in [0.29, 0.717) is 11.0 Å². The maximum atomic E-state index is 11.7. The van der Waals surface area contributed by atoms with Gasteiger partial charge in [0.15, 0.2) is 0 Å². The molecule has 0 N–H and O–H groups in total. The average molecular weight is 258 g/mol. The number of carbonyl (C=O) groups excluding carboxylic acids is 1. The second kappa shape index (κ2) is 4.69. The first-order valence-corrected chi connectivity index (χ1v) is 6.14. The van der Waals surface area contributed by atoms with Gasteiger partial charge >= 0.3 is 21.1 Å². The summed E-state index contributed by atoms with van der Waals surface area (Å²) >= 11 is 0. The predicted octanol–water partition coefficient (Wildman–Crippen LogP) is 1.23. The van der Waals surface area contributed by atoms with Crippen molar-refractivity contribution in [3.8, 4) is 0 Å². The van der Waals surface area contributed by atoms with Crippen molar-refractivity contribution in [2.75, 3.05) is 0 Å². The molecule has 0 spiro atoms. The zero-order valence-electron chi connectivity index (χ0n) is 11.6. The van der Waals surface area contributed by atoms with Crippen molar-refractivity contribution in [2.24, 2.45) is 0 Å². The molecule has 0 unspecified atom stereocenters. The van der Waals surface area contributed by atoms with Gasteiger partial charge in [0.05, 0.1) is 16.8 Å². The molecular formula is C13H16B2O4. The van der Waals surface area contributed by atoms with Crippen molar-refractivity contribution in [3.63, 3.8) is 0 Å². The molecule has 4 nitrogen and oxygen atoms in total. The minimum absolute atomic E-state index is 0.350. The smallest absolute Gasteiger partial charge is 0.495 e. The molecule has 1 saturated heterocycles. The fraction of sp³-hybridized carbons (Fsp3) is 0.462. The molecule has 1 fully saturated rings. The van der Waals surface area contributed by atoms with Gasteiger partial charge in [0, 0.05) is 0 Å². The highest BCUT2D eigenvalue weighted by Crippen LogP contribution is 2.36. The lowest BCUT2D eigenvalue weighted by molar-refractivity contribution is 0.00578. The van der Waals surface area contributed by atoms with E-state index in [2.05, 4.69) is 4.65 Å². The third-order valence-electron chi connectivity index (χ3n) is 3.79. The van der Waals surface area contributed by atoms with Gasteiger partial charge in [0.2, 0.25) is 0 Å². The Morgan fingerprint density at radius 2 is 1.68 bits per heavy atom. The fourth-order valence-corrected chi connectivity index (χ4v) is 1.92. The number of carbonyl (C=O) groups is 1. The van der Waals surface area contributed by atoms with Crippen LogP contribution in [0.5, 0.6) is 0 Å². The minimum atomic E-state index is -0.611. The van der Waals surface area contributed by atoms with Crippen LogP contribution in [0.4, 0.5) is 0 Å². The Morgan fingerprint density at radius 1 is 1.16 bits per heavy atom. The van der Waals surface area contributed by atoms with Gasteiger partial charge in [0.1, 0.15) is 0 Å². The van der Waals surface area contributed by atoms with Gasteiger partial charge in [-0.15, -0.1) is 0 Å². The van der Waals surface area contributed by atoms with Crippen LogP contribution in [0.2, 0.25) is 0 Å². The molecule has 0 atom stereocenters. The Labute approximate surface area is 115 Å². The SMILES string of the molecule is [B]OC(=O)c1ccccc1B1OC(C)(C)C(C)(C)O1. The molecule has 6 heteroatoms. The molecule has 0 amide bonds. The maximum absolute atomic E-state index is 11.7. The van der Waals surface area contributed by atoms with E-state index in [1.165, 1.54) is 0 Å². The first kappa shape index (κ1) is 14.2. The third kappa shape index (κ3) is 2.42. The second-order valence-corrected chi connectivity index (χ2v) is 5.58. The van der Waals surface area contributed by atoms with Crippen molar-refractivity contribution in [3.05, 3.63) is 29.8 Å². The second-order valence-electron chi connectivity index (χ2n) is 5.58. The Kier molecular flexibility index (Phi) is 3.49. The van der Waals surface area contributed by atoms with Gasteiger partial charge in [-0.05, 0) is 39.2 Å². The quantitative estimate of drug-likeness (QED) is 0.748. The Bertz CT molecular complexity index is 483. The van der Waals surface area contributed by atoms with Crippen LogP contribution in [-0.2, 0) is 14.0 Å². The van der Waals surface area contributed by atoms with E-state index in [9.17, 15) is 4.79 Å². The molecule has 1 aromatic rings. The Morgan fingerprint density at radius 3 is 2.21 bits per heavy atom. The van der Waals surface area contributed by atoms with Gasteiger partial charge < -0.3 is 14.0 Å². The largest absolute Gasteiger partial charge is 0.540 e. The summed E-state index contributed by atoms with van der Waals surface area (Å²) in [6.07, 6.45) is 0. The molecule has 1 aliphatic rings. The van der Waals surface area contributed by atoms with Crippen LogP contribution in [-0.4, -0.2) is 32.3 Å². The summed E-state index contributed by atoms with van der Waals surface area (Å²) < 4.78 is 16.1. The number of hydrogen-bond acceptors (Lipinski definition) is 4. The number of benzene rings is 1. The van der Waals surface area contributed by atoms with E-state index in [1.807, 2.05) is 33.8 Å². The van der Waals surface area contributed by atoms with Crippen molar-refractivity contribution in [1.29, 1.82) is 0 Å². The van der Waals surface area contributed by atoms with E-state index in [4.69, 9.17) is 17.4 Å². The maximum Gasteiger partial charge on any atom is 0.495 e. The molecule has 1 aromatic carbocycles. The number of rotatable bonds is 2. The van der Waals surface area contributed by atoms with Crippen LogP contribution in [0.15, 0.2) is 24.3 Å². The lowest BCUT2D eigenvalue weighted by Gasteiger charge is -2.32. The van der Waals surface area contributed by atoms with Gasteiger partial charge in [-0.25, -0.2) is 4.79 Å². The Balaban J connectivity index is 2.37. The highest BCUT2D eigenvalue weighted by molar-refractivity contribution is 6.63.